The second kappa shape index (κ2) is 5.39. The number of carbonyl (C=O) groups excluding carboxylic acids is 1. The summed E-state index contributed by atoms with van der Waals surface area (Å²) in [6.07, 6.45) is 0.670. The van der Waals surface area contributed by atoms with Crippen LogP contribution in [0, 0.1) is 0 Å². The lowest BCUT2D eigenvalue weighted by atomic mass is 9.97. The third-order valence-corrected chi connectivity index (χ3v) is 3.89. The number of ether oxygens (including phenoxy) is 1. The Morgan fingerprint density at radius 3 is 2.57 bits per heavy atom. The number of aliphatic carboxylic acids is 1. The molecule has 21 heavy (non-hydrogen) atoms. The second-order valence-corrected chi connectivity index (χ2v) is 5.71. The predicted molar refractivity (Wildman–Crippen MR) is 79.7 cm³/mol. The average Bonchev–Trinajstić information content (AvgIpc) is 2.45. The summed E-state index contributed by atoms with van der Waals surface area (Å²) in [7, 11) is 0. The van der Waals surface area contributed by atoms with Crippen LogP contribution >= 0.6 is 0 Å². The van der Waals surface area contributed by atoms with Gasteiger partial charge in [-0.05, 0) is 44.4 Å². The number of amides is 1. The maximum atomic E-state index is 12.6. The molecule has 1 aliphatic heterocycles. The van der Waals surface area contributed by atoms with Gasteiger partial charge in [0.25, 0.3) is 5.91 Å². The quantitative estimate of drug-likeness (QED) is 0.926. The highest BCUT2D eigenvalue weighted by atomic mass is 16.5. The number of aryl methyl sites for hydroxylation is 1. The van der Waals surface area contributed by atoms with E-state index in [1.54, 1.807) is 0 Å². The van der Waals surface area contributed by atoms with Crippen molar-refractivity contribution in [3.8, 4) is 5.75 Å². The second-order valence-electron chi connectivity index (χ2n) is 5.71. The minimum Gasteiger partial charge on any atom is -0.480 e. The van der Waals surface area contributed by atoms with Crippen LogP contribution in [0.5, 0.6) is 5.75 Å². The number of hydrogen-bond acceptors (Lipinski definition) is 3. The molecule has 1 aliphatic rings. The fourth-order valence-electron chi connectivity index (χ4n) is 2.45. The highest BCUT2D eigenvalue weighted by Crippen LogP contribution is 2.39. The van der Waals surface area contributed by atoms with Crippen LogP contribution in [-0.2, 0) is 16.0 Å². The number of carboxylic acids is 1. The lowest BCUT2D eigenvalue weighted by molar-refractivity contribution is -0.145. The van der Waals surface area contributed by atoms with E-state index in [1.165, 1.54) is 18.7 Å². The van der Waals surface area contributed by atoms with Gasteiger partial charge in [0.2, 0.25) is 0 Å². The van der Waals surface area contributed by atoms with E-state index in [2.05, 4.69) is 0 Å². The summed E-state index contributed by atoms with van der Waals surface area (Å²) in [4.78, 5) is 25.6. The Hall–Kier alpha value is -2.04. The summed E-state index contributed by atoms with van der Waals surface area (Å²) in [6.45, 7) is 6.93. The zero-order valence-electron chi connectivity index (χ0n) is 12.8. The van der Waals surface area contributed by atoms with Crippen molar-refractivity contribution in [2.75, 3.05) is 4.90 Å². The van der Waals surface area contributed by atoms with E-state index >= 15 is 0 Å². The molecular weight excluding hydrogens is 270 g/mol. The van der Waals surface area contributed by atoms with E-state index in [1.807, 2.05) is 32.0 Å². The molecule has 1 unspecified atom stereocenters. The molecule has 0 radical (unpaired) electrons. The number of carboxylic acid groups (broad SMARTS) is 1. The highest BCUT2D eigenvalue weighted by Gasteiger charge is 2.45. The van der Waals surface area contributed by atoms with Gasteiger partial charge in [0.1, 0.15) is 11.3 Å². The summed E-state index contributed by atoms with van der Waals surface area (Å²) in [5.74, 6) is -0.779. The number of hydrogen-bond donors (Lipinski definition) is 1. The van der Waals surface area contributed by atoms with E-state index < -0.39 is 17.6 Å². The molecule has 0 spiro atoms. The number of rotatable bonds is 4. The van der Waals surface area contributed by atoms with E-state index in [0.29, 0.717) is 17.9 Å². The standard InChI is InChI=1S/C16H21NO4/c1-5-10-7-8-13-11(9-10)17(16(3,4)15(19)20)14(18)12(6-2)21-13/h7-9,12H,5-6H2,1-4H3,(H,19,20). The van der Waals surface area contributed by atoms with Crippen LogP contribution in [0.4, 0.5) is 5.69 Å². The van der Waals surface area contributed by atoms with Crippen molar-refractivity contribution in [2.24, 2.45) is 0 Å². The summed E-state index contributed by atoms with van der Waals surface area (Å²) in [5.41, 5.74) is 0.248. The monoisotopic (exact) mass is 291 g/mol. The zero-order chi connectivity index (χ0) is 15.8. The summed E-state index contributed by atoms with van der Waals surface area (Å²) < 4.78 is 5.71. The predicted octanol–water partition coefficient (Wildman–Crippen LogP) is 2.62. The van der Waals surface area contributed by atoms with Crippen LogP contribution in [-0.4, -0.2) is 28.6 Å². The first-order valence-corrected chi connectivity index (χ1v) is 7.20. The Labute approximate surface area is 124 Å². The number of fused-ring (bicyclic) bond motifs is 1. The molecule has 5 heteroatoms. The maximum Gasteiger partial charge on any atom is 0.329 e. The molecule has 2 rings (SSSR count). The van der Waals surface area contributed by atoms with Crippen LogP contribution in [0.25, 0.3) is 0 Å². The van der Waals surface area contributed by atoms with Gasteiger partial charge in [-0.1, -0.05) is 19.9 Å². The van der Waals surface area contributed by atoms with Crippen molar-refractivity contribution in [3.05, 3.63) is 23.8 Å². The largest absolute Gasteiger partial charge is 0.480 e. The lowest BCUT2D eigenvalue weighted by Crippen LogP contribution is -2.59. The fourth-order valence-corrected chi connectivity index (χ4v) is 2.45. The van der Waals surface area contributed by atoms with Gasteiger partial charge in [0, 0.05) is 0 Å². The topological polar surface area (TPSA) is 66.8 Å². The summed E-state index contributed by atoms with van der Waals surface area (Å²) in [6, 6.07) is 5.59. The van der Waals surface area contributed by atoms with E-state index in [-0.39, 0.29) is 5.91 Å². The molecule has 0 fully saturated rings. The first-order chi connectivity index (χ1) is 9.82. The summed E-state index contributed by atoms with van der Waals surface area (Å²) >= 11 is 0. The third kappa shape index (κ3) is 2.48. The molecule has 0 saturated heterocycles. The smallest absolute Gasteiger partial charge is 0.329 e. The highest BCUT2D eigenvalue weighted by molar-refractivity contribution is 6.06. The zero-order valence-corrected chi connectivity index (χ0v) is 12.8. The van der Waals surface area contributed by atoms with Crippen LogP contribution < -0.4 is 9.64 Å². The Morgan fingerprint density at radius 2 is 2.05 bits per heavy atom. The molecule has 1 amide bonds. The van der Waals surface area contributed by atoms with Crippen molar-refractivity contribution in [1.82, 2.24) is 0 Å². The molecule has 1 aromatic rings. The van der Waals surface area contributed by atoms with Crippen LogP contribution in [0.3, 0.4) is 0 Å². The Kier molecular flexibility index (Phi) is 3.94. The number of carbonyl (C=O) groups is 2. The molecule has 1 aromatic carbocycles. The van der Waals surface area contributed by atoms with Crippen molar-refractivity contribution >= 4 is 17.6 Å². The summed E-state index contributed by atoms with van der Waals surface area (Å²) in [5, 5.41) is 9.49. The Morgan fingerprint density at radius 1 is 1.38 bits per heavy atom. The van der Waals surface area contributed by atoms with E-state index in [4.69, 9.17) is 4.74 Å². The van der Waals surface area contributed by atoms with E-state index in [9.17, 15) is 14.7 Å². The van der Waals surface area contributed by atoms with Crippen LogP contribution in [0.15, 0.2) is 18.2 Å². The SMILES string of the molecule is CCc1ccc2c(c1)N(C(C)(C)C(=O)O)C(=O)C(CC)O2. The van der Waals surface area contributed by atoms with Crippen LogP contribution in [0.2, 0.25) is 0 Å². The fraction of sp³-hybridized carbons (Fsp3) is 0.500. The molecule has 114 valence electrons. The minimum absolute atomic E-state index is 0.300. The number of nitrogens with zero attached hydrogens (tertiary/aromatic N) is 1. The van der Waals surface area contributed by atoms with Gasteiger partial charge in [-0.25, -0.2) is 4.79 Å². The van der Waals surface area contributed by atoms with Crippen molar-refractivity contribution in [1.29, 1.82) is 0 Å². The molecule has 0 aromatic heterocycles. The average molecular weight is 291 g/mol. The normalized spacial score (nSPS) is 18.2. The van der Waals surface area contributed by atoms with Gasteiger partial charge in [0.15, 0.2) is 6.10 Å². The van der Waals surface area contributed by atoms with Crippen molar-refractivity contribution in [3.63, 3.8) is 0 Å². The van der Waals surface area contributed by atoms with Gasteiger partial charge < -0.3 is 9.84 Å². The van der Waals surface area contributed by atoms with Gasteiger partial charge in [-0.3, -0.25) is 9.69 Å². The van der Waals surface area contributed by atoms with Gasteiger partial charge in [0.05, 0.1) is 5.69 Å². The first kappa shape index (κ1) is 15.4. The Bertz CT molecular complexity index is 580. The molecule has 5 nitrogen and oxygen atoms in total. The van der Waals surface area contributed by atoms with Crippen molar-refractivity contribution in [2.45, 2.75) is 52.2 Å². The molecule has 1 atom stereocenters. The van der Waals surface area contributed by atoms with Gasteiger partial charge in [-0.15, -0.1) is 0 Å². The number of benzene rings is 1. The minimum atomic E-state index is -1.32. The molecule has 0 aliphatic carbocycles. The molecule has 0 bridgehead atoms. The van der Waals surface area contributed by atoms with Gasteiger partial charge >= 0.3 is 5.97 Å². The van der Waals surface area contributed by atoms with Gasteiger partial charge in [-0.2, -0.15) is 0 Å². The third-order valence-electron chi connectivity index (χ3n) is 3.89. The lowest BCUT2D eigenvalue weighted by Gasteiger charge is -2.41. The first-order valence-electron chi connectivity index (χ1n) is 7.20. The molecule has 1 N–H and O–H groups in total. The molecule has 0 saturated carbocycles. The van der Waals surface area contributed by atoms with E-state index in [0.717, 1.165) is 12.0 Å². The molecule has 1 heterocycles. The van der Waals surface area contributed by atoms with Crippen molar-refractivity contribution < 1.29 is 19.4 Å². The van der Waals surface area contributed by atoms with Crippen LogP contribution in [0.1, 0.15) is 39.7 Å². The Balaban J connectivity index is 2.61. The number of anilines is 1. The molecular formula is C16H21NO4. The maximum absolute atomic E-state index is 12.6.